The van der Waals surface area contributed by atoms with Gasteiger partial charge in [-0.1, -0.05) is 27.7 Å². The third-order valence-corrected chi connectivity index (χ3v) is 4.73. The van der Waals surface area contributed by atoms with Gasteiger partial charge in [-0.25, -0.2) is 0 Å². The lowest BCUT2D eigenvalue weighted by Gasteiger charge is -2.29. The van der Waals surface area contributed by atoms with Crippen molar-refractivity contribution >= 4 is 17.8 Å². The zero-order valence-corrected chi connectivity index (χ0v) is 17.1. The first-order chi connectivity index (χ1) is 11.8. The fraction of sp³-hybridized carbons (Fsp3) is 0.842. The number of esters is 1. The highest BCUT2D eigenvalue weighted by atomic mass is 16.6. The molecule has 7 heteroatoms. The van der Waals surface area contributed by atoms with Crippen LogP contribution in [-0.2, 0) is 19.1 Å². The Bertz CT molecular complexity index is 527. The molecular weight excluding hydrogens is 334 g/mol. The summed E-state index contributed by atoms with van der Waals surface area (Å²) in [6.45, 7) is 13.0. The van der Waals surface area contributed by atoms with Gasteiger partial charge in [-0.15, -0.1) is 0 Å². The zero-order valence-electron chi connectivity index (χ0n) is 17.1. The highest BCUT2D eigenvalue weighted by molar-refractivity contribution is 5.86. The summed E-state index contributed by atoms with van der Waals surface area (Å²) in [6.07, 6.45) is 1.04. The van der Waals surface area contributed by atoms with Crippen LogP contribution in [0.5, 0.6) is 0 Å². The molecule has 4 N–H and O–H groups in total. The maximum Gasteiger partial charge on any atom is 0.309 e. The molecule has 0 radical (unpaired) electrons. The van der Waals surface area contributed by atoms with Gasteiger partial charge in [0.05, 0.1) is 18.0 Å². The monoisotopic (exact) mass is 369 g/mol. The third kappa shape index (κ3) is 6.59. The van der Waals surface area contributed by atoms with Gasteiger partial charge >= 0.3 is 5.97 Å². The van der Waals surface area contributed by atoms with Crippen LogP contribution >= 0.6 is 0 Å². The topological polar surface area (TPSA) is 111 Å². The third-order valence-electron chi connectivity index (χ3n) is 4.73. The maximum absolute atomic E-state index is 12.6. The van der Waals surface area contributed by atoms with Gasteiger partial charge in [0.15, 0.2) is 0 Å². The van der Waals surface area contributed by atoms with Crippen LogP contribution in [0.1, 0.15) is 61.3 Å². The lowest BCUT2D eigenvalue weighted by atomic mass is 9.88. The Morgan fingerprint density at radius 3 is 2.35 bits per heavy atom. The van der Waals surface area contributed by atoms with Crippen LogP contribution in [0, 0.1) is 17.8 Å². The Labute approximate surface area is 156 Å². The van der Waals surface area contributed by atoms with E-state index in [1.165, 1.54) is 0 Å². The second-order valence-corrected chi connectivity index (χ2v) is 8.83. The first kappa shape index (κ1) is 22.4. The number of carbonyl (C=O) groups is 3. The average molecular weight is 370 g/mol. The lowest BCUT2D eigenvalue weighted by Crippen LogP contribution is -2.53. The van der Waals surface area contributed by atoms with E-state index in [1.807, 2.05) is 0 Å². The fourth-order valence-electron chi connectivity index (χ4n) is 3.03. The number of ether oxygens (including phenoxy) is 1. The molecule has 5 atom stereocenters. The summed E-state index contributed by atoms with van der Waals surface area (Å²) in [5, 5.41) is 5.80. The Hall–Kier alpha value is -1.63. The smallest absolute Gasteiger partial charge is 0.309 e. The van der Waals surface area contributed by atoms with E-state index in [2.05, 4.69) is 24.5 Å². The summed E-state index contributed by atoms with van der Waals surface area (Å²) >= 11 is 0. The molecule has 0 spiro atoms. The molecule has 0 bridgehead atoms. The van der Waals surface area contributed by atoms with Crippen molar-refractivity contribution in [2.45, 2.75) is 85.0 Å². The van der Waals surface area contributed by atoms with Gasteiger partial charge in [0.25, 0.3) is 0 Å². The van der Waals surface area contributed by atoms with Crippen molar-refractivity contribution < 1.29 is 19.1 Å². The SMILES string of the molecule is CC(C)C[C@H]1NC(=O)C[C@H]1NC(=O)[C@@H](N)[C@@H](C)C(C)C(=O)OC(C)(C)C. The number of nitrogens with two attached hydrogens (primary N) is 1. The van der Waals surface area contributed by atoms with Crippen LogP contribution in [0.2, 0.25) is 0 Å². The summed E-state index contributed by atoms with van der Waals surface area (Å²) in [6, 6.07) is -1.21. The van der Waals surface area contributed by atoms with E-state index in [0.29, 0.717) is 5.92 Å². The molecule has 1 unspecified atom stereocenters. The van der Waals surface area contributed by atoms with E-state index in [0.717, 1.165) is 6.42 Å². The van der Waals surface area contributed by atoms with Crippen molar-refractivity contribution in [3.63, 3.8) is 0 Å². The molecule has 1 rings (SSSR count). The van der Waals surface area contributed by atoms with E-state index >= 15 is 0 Å². The number of carbonyl (C=O) groups excluding carboxylic acids is 3. The fourth-order valence-corrected chi connectivity index (χ4v) is 3.03. The van der Waals surface area contributed by atoms with Crippen LogP contribution in [0.3, 0.4) is 0 Å². The minimum absolute atomic E-state index is 0.0651. The second kappa shape index (κ2) is 8.84. The van der Waals surface area contributed by atoms with Gasteiger partial charge in [-0.2, -0.15) is 0 Å². The van der Waals surface area contributed by atoms with E-state index in [4.69, 9.17) is 10.5 Å². The highest BCUT2D eigenvalue weighted by Gasteiger charge is 2.37. The van der Waals surface area contributed by atoms with E-state index in [1.54, 1.807) is 34.6 Å². The molecule has 7 nitrogen and oxygen atoms in total. The summed E-state index contributed by atoms with van der Waals surface area (Å²) in [7, 11) is 0. The quantitative estimate of drug-likeness (QED) is 0.587. The van der Waals surface area contributed by atoms with Gasteiger partial charge < -0.3 is 21.1 Å². The molecular formula is C19H35N3O4. The summed E-state index contributed by atoms with van der Waals surface area (Å²) in [4.78, 5) is 36.5. The largest absolute Gasteiger partial charge is 0.460 e. The van der Waals surface area contributed by atoms with Gasteiger partial charge in [0, 0.05) is 12.5 Å². The molecule has 1 heterocycles. The predicted molar refractivity (Wildman–Crippen MR) is 100 cm³/mol. The number of hydrogen-bond donors (Lipinski definition) is 3. The minimum atomic E-state index is -0.854. The summed E-state index contributed by atoms with van der Waals surface area (Å²) < 4.78 is 5.38. The van der Waals surface area contributed by atoms with Crippen LogP contribution in [0.25, 0.3) is 0 Å². The van der Waals surface area contributed by atoms with E-state index in [-0.39, 0.29) is 36.3 Å². The van der Waals surface area contributed by atoms with Crippen molar-refractivity contribution in [2.75, 3.05) is 0 Å². The van der Waals surface area contributed by atoms with Crippen LogP contribution in [0.4, 0.5) is 0 Å². The number of nitrogens with one attached hydrogen (secondary N) is 2. The molecule has 1 fully saturated rings. The van der Waals surface area contributed by atoms with Gasteiger partial charge in [0.2, 0.25) is 11.8 Å². The molecule has 0 aromatic rings. The molecule has 0 aliphatic carbocycles. The van der Waals surface area contributed by atoms with Crippen molar-refractivity contribution in [1.82, 2.24) is 10.6 Å². The Balaban J connectivity index is 2.68. The molecule has 26 heavy (non-hydrogen) atoms. The highest BCUT2D eigenvalue weighted by Crippen LogP contribution is 2.21. The maximum atomic E-state index is 12.6. The first-order valence-electron chi connectivity index (χ1n) is 9.40. The standard InChI is InChI=1S/C19H35N3O4/c1-10(2)8-13-14(9-15(23)21-13)22-17(24)16(20)11(3)12(4)18(25)26-19(5,6)7/h10-14,16H,8-9,20H2,1-7H3,(H,21,23)(H,22,24)/t11-,12?,13+,14+,16-/m0/s1. The van der Waals surface area contributed by atoms with Gasteiger partial charge in [-0.05, 0) is 39.0 Å². The average Bonchev–Trinajstić information content (AvgIpc) is 2.81. The molecule has 2 amide bonds. The Kier molecular flexibility index (Phi) is 7.62. The Morgan fingerprint density at radius 2 is 1.85 bits per heavy atom. The van der Waals surface area contributed by atoms with Crippen LogP contribution in [-0.4, -0.2) is 41.5 Å². The van der Waals surface area contributed by atoms with Crippen molar-refractivity contribution in [3.05, 3.63) is 0 Å². The molecule has 1 aliphatic heterocycles. The number of hydrogen-bond acceptors (Lipinski definition) is 5. The molecule has 0 aromatic heterocycles. The normalized spacial score (nSPS) is 24.0. The summed E-state index contributed by atoms with van der Waals surface area (Å²) in [5.41, 5.74) is 5.51. The van der Waals surface area contributed by atoms with Gasteiger partial charge in [-0.3, -0.25) is 14.4 Å². The second-order valence-electron chi connectivity index (χ2n) is 8.83. The lowest BCUT2D eigenvalue weighted by molar-refractivity contribution is -0.161. The molecule has 0 aromatic carbocycles. The predicted octanol–water partition coefficient (Wildman–Crippen LogP) is 1.35. The van der Waals surface area contributed by atoms with Crippen molar-refractivity contribution in [1.29, 1.82) is 0 Å². The molecule has 150 valence electrons. The van der Waals surface area contributed by atoms with Crippen LogP contribution in [0.15, 0.2) is 0 Å². The minimum Gasteiger partial charge on any atom is -0.460 e. The molecule has 0 saturated carbocycles. The molecule has 1 aliphatic rings. The number of amides is 2. The Morgan fingerprint density at radius 1 is 1.27 bits per heavy atom. The van der Waals surface area contributed by atoms with Crippen molar-refractivity contribution in [3.8, 4) is 0 Å². The van der Waals surface area contributed by atoms with Gasteiger partial charge in [0.1, 0.15) is 5.60 Å². The number of rotatable bonds is 7. The first-order valence-corrected chi connectivity index (χ1v) is 9.40. The van der Waals surface area contributed by atoms with E-state index < -0.39 is 23.5 Å². The van der Waals surface area contributed by atoms with Crippen molar-refractivity contribution in [2.24, 2.45) is 23.5 Å². The summed E-state index contributed by atoms with van der Waals surface area (Å²) in [5.74, 6) is -1.28. The molecule has 1 saturated heterocycles. The van der Waals surface area contributed by atoms with Crippen LogP contribution < -0.4 is 16.4 Å². The van der Waals surface area contributed by atoms with E-state index in [9.17, 15) is 14.4 Å². The zero-order chi connectivity index (χ0) is 20.2.